The Hall–Kier alpha value is -0.240. The lowest BCUT2D eigenvalue weighted by atomic mass is 9.99. The number of rotatable bonds is 9. The van der Waals surface area contributed by atoms with Crippen LogP contribution in [0.3, 0.4) is 0 Å². The fraction of sp³-hybridized carbons (Fsp3) is 1.00. The summed E-state index contributed by atoms with van der Waals surface area (Å²) in [7, 11) is 0. The third-order valence-electron chi connectivity index (χ3n) is 3.39. The molecule has 0 spiro atoms. The van der Waals surface area contributed by atoms with Crippen LogP contribution in [0.2, 0.25) is 0 Å². The molecule has 3 N–H and O–H groups in total. The van der Waals surface area contributed by atoms with Crippen LogP contribution in [0.1, 0.15) is 39.5 Å². The van der Waals surface area contributed by atoms with Crippen molar-refractivity contribution in [1.29, 1.82) is 0 Å². The summed E-state index contributed by atoms with van der Waals surface area (Å²) in [5, 5.41) is 29.2. The fourth-order valence-corrected chi connectivity index (χ4v) is 2.07. The molecule has 0 aromatic carbocycles. The van der Waals surface area contributed by atoms with E-state index < -0.39 is 30.7 Å². The molecular weight excluding hydrogens is 264 g/mol. The number of aliphatic hydroxyl groups excluding tert-OH is 3. The minimum Gasteiger partial charge on any atom is -0.387 e. The molecule has 5 atom stereocenters. The third-order valence-corrected chi connectivity index (χ3v) is 3.39. The molecule has 0 unspecified atom stereocenters. The maximum absolute atomic E-state index is 10.0. The van der Waals surface area contributed by atoms with Crippen LogP contribution in [0, 0.1) is 0 Å². The van der Waals surface area contributed by atoms with Crippen molar-refractivity contribution in [2.45, 2.75) is 70.2 Å². The average Bonchev–Trinajstić information content (AvgIpc) is 2.44. The van der Waals surface area contributed by atoms with Gasteiger partial charge in [0, 0.05) is 13.2 Å². The van der Waals surface area contributed by atoms with Crippen molar-refractivity contribution in [2.75, 3.05) is 19.8 Å². The molecule has 0 saturated carbocycles. The number of ether oxygens (including phenoxy) is 3. The molecule has 120 valence electrons. The van der Waals surface area contributed by atoms with Gasteiger partial charge in [-0.05, 0) is 12.8 Å². The lowest BCUT2D eigenvalue weighted by molar-refractivity contribution is -0.296. The van der Waals surface area contributed by atoms with Gasteiger partial charge in [-0.25, -0.2) is 0 Å². The topological polar surface area (TPSA) is 88.4 Å². The first kappa shape index (κ1) is 17.8. The zero-order valence-corrected chi connectivity index (χ0v) is 12.4. The summed E-state index contributed by atoms with van der Waals surface area (Å²) >= 11 is 0. The monoisotopic (exact) mass is 292 g/mol. The van der Waals surface area contributed by atoms with Crippen LogP contribution in [-0.4, -0.2) is 65.8 Å². The van der Waals surface area contributed by atoms with E-state index in [9.17, 15) is 15.3 Å². The van der Waals surface area contributed by atoms with E-state index in [0.717, 1.165) is 25.7 Å². The quantitative estimate of drug-likeness (QED) is 0.534. The fourth-order valence-electron chi connectivity index (χ4n) is 2.07. The van der Waals surface area contributed by atoms with Crippen molar-refractivity contribution in [1.82, 2.24) is 0 Å². The predicted octanol–water partition coefficient (Wildman–Crippen LogP) is 0.427. The van der Waals surface area contributed by atoms with Crippen LogP contribution in [0.15, 0.2) is 0 Å². The molecule has 1 rings (SSSR count). The molecular formula is C14H28O6. The maximum atomic E-state index is 10.0. The van der Waals surface area contributed by atoms with Gasteiger partial charge in [-0.15, -0.1) is 0 Å². The smallest absolute Gasteiger partial charge is 0.184 e. The van der Waals surface area contributed by atoms with E-state index in [0.29, 0.717) is 13.2 Å². The molecule has 1 aliphatic heterocycles. The molecule has 1 aliphatic rings. The Morgan fingerprint density at radius 2 is 1.60 bits per heavy atom. The minimum atomic E-state index is -1.41. The van der Waals surface area contributed by atoms with Crippen LogP contribution in [0.25, 0.3) is 0 Å². The highest BCUT2D eigenvalue weighted by molar-refractivity contribution is 4.89. The van der Waals surface area contributed by atoms with Gasteiger partial charge in [-0.3, -0.25) is 0 Å². The first-order valence-electron chi connectivity index (χ1n) is 7.50. The van der Waals surface area contributed by atoms with E-state index in [1.807, 2.05) is 6.92 Å². The second-order valence-corrected chi connectivity index (χ2v) is 5.16. The van der Waals surface area contributed by atoms with E-state index in [-0.39, 0.29) is 6.61 Å². The van der Waals surface area contributed by atoms with Gasteiger partial charge in [0.2, 0.25) is 0 Å². The minimum absolute atomic E-state index is 0.234. The van der Waals surface area contributed by atoms with Crippen LogP contribution < -0.4 is 0 Å². The first-order chi connectivity index (χ1) is 9.61. The largest absolute Gasteiger partial charge is 0.387 e. The zero-order chi connectivity index (χ0) is 15.0. The standard InChI is InChI=1S/C14H28O6/c1-3-5-7-18-9-10-13(19-8-6-4-2)11(15)12(16)14(17)20-10/h10-17H,3-9H2,1-2H3/t10-,11-,12-,13-,14+/m1/s1. The summed E-state index contributed by atoms with van der Waals surface area (Å²) in [5.74, 6) is 0. The first-order valence-corrected chi connectivity index (χ1v) is 7.50. The lowest BCUT2D eigenvalue weighted by Gasteiger charge is -2.40. The molecule has 6 nitrogen and oxygen atoms in total. The summed E-state index contributed by atoms with van der Waals surface area (Å²) in [6, 6.07) is 0. The molecule has 1 heterocycles. The lowest BCUT2D eigenvalue weighted by Crippen LogP contribution is -2.59. The third kappa shape index (κ3) is 5.27. The van der Waals surface area contributed by atoms with Crippen molar-refractivity contribution in [3.8, 4) is 0 Å². The van der Waals surface area contributed by atoms with E-state index in [2.05, 4.69) is 6.92 Å². The zero-order valence-electron chi connectivity index (χ0n) is 12.4. The molecule has 20 heavy (non-hydrogen) atoms. The predicted molar refractivity (Wildman–Crippen MR) is 73.3 cm³/mol. The Morgan fingerprint density at radius 1 is 0.950 bits per heavy atom. The average molecular weight is 292 g/mol. The molecule has 0 aromatic rings. The Bertz CT molecular complexity index is 250. The number of unbranched alkanes of at least 4 members (excludes halogenated alkanes) is 2. The van der Waals surface area contributed by atoms with Crippen LogP contribution in [-0.2, 0) is 14.2 Å². The van der Waals surface area contributed by atoms with Gasteiger partial charge in [0.1, 0.15) is 24.4 Å². The van der Waals surface area contributed by atoms with Crippen molar-refractivity contribution in [2.24, 2.45) is 0 Å². The molecule has 6 heteroatoms. The Balaban J connectivity index is 2.50. The van der Waals surface area contributed by atoms with Gasteiger partial charge in [-0.1, -0.05) is 26.7 Å². The molecule has 0 amide bonds. The van der Waals surface area contributed by atoms with Crippen LogP contribution >= 0.6 is 0 Å². The SMILES string of the molecule is CCCCOC[C@H]1O[C@H](O)[C@H](O)[C@@H](O)[C@@H]1OCCCC. The van der Waals surface area contributed by atoms with Gasteiger partial charge in [0.05, 0.1) is 6.61 Å². The second kappa shape index (κ2) is 9.65. The highest BCUT2D eigenvalue weighted by atomic mass is 16.7. The van der Waals surface area contributed by atoms with Gasteiger partial charge in [-0.2, -0.15) is 0 Å². The molecule has 0 radical (unpaired) electrons. The Morgan fingerprint density at radius 3 is 2.25 bits per heavy atom. The second-order valence-electron chi connectivity index (χ2n) is 5.16. The van der Waals surface area contributed by atoms with Gasteiger partial charge in [0.15, 0.2) is 6.29 Å². The molecule has 1 fully saturated rings. The van der Waals surface area contributed by atoms with Crippen molar-refractivity contribution in [3.05, 3.63) is 0 Å². The Kier molecular flexibility index (Phi) is 8.60. The molecule has 0 aromatic heterocycles. The summed E-state index contributed by atoms with van der Waals surface area (Å²) in [6.07, 6.45) is -1.36. The van der Waals surface area contributed by atoms with E-state index in [1.165, 1.54) is 0 Å². The molecule has 0 aliphatic carbocycles. The van der Waals surface area contributed by atoms with Gasteiger partial charge < -0.3 is 29.5 Å². The number of hydrogen-bond donors (Lipinski definition) is 3. The Labute approximate surface area is 120 Å². The van der Waals surface area contributed by atoms with Crippen molar-refractivity contribution < 1.29 is 29.5 Å². The molecule has 1 saturated heterocycles. The number of aliphatic hydroxyl groups is 3. The van der Waals surface area contributed by atoms with E-state index in [1.54, 1.807) is 0 Å². The summed E-state index contributed by atoms with van der Waals surface area (Å²) in [6.45, 7) is 5.43. The summed E-state index contributed by atoms with van der Waals surface area (Å²) in [4.78, 5) is 0. The summed E-state index contributed by atoms with van der Waals surface area (Å²) in [5.41, 5.74) is 0. The van der Waals surface area contributed by atoms with E-state index in [4.69, 9.17) is 14.2 Å². The van der Waals surface area contributed by atoms with Gasteiger partial charge in [0.25, 0.3) is 0 Å². The molecule has 0 bridgehead atoms. The highest BCUT2D eigenvalue weighted by Crippen LogP contribution is 2.23. The van der Waals surface area contributed by atoms with Crippen molar-refractivity contribution in [3.63, 3.8) is 0 Å². The normalized spacial score (nSPS) is 34.4. The van der Waals surface area contributed by atoms with Crippen LogP contribution in [0.4, 0.5) is 0 Å². The van der Waals surface area contributed by atoms with Crippen molar-refractivity contribution >= 4 is 0 Å². The number of hydrogen-bond acceptors (Lipinski definition) is 6. The maximum Gasteiger partial charge on any atom is 0.184 e. The van der Waals surface area contributed by atoms with E-state index >= 15 is 0 Å². The summed E-state index contributed by atoms with van der Waals surface area (Å²) < 4.78 is 16.4. The van der Waals surface area contributed by atoms with Gasteiger partial charge >= 0.3 is 0 Å². The van der Waals surface area contributed by atoms with Crippen LogP contribution in [0.5, 0.6) is 0 Å². The highest BCUT2D eigenvalue weighted by Gasteiger charge is 2.44.